The zero-order valence-corrected chi connectivity index (χ0v) is 22.5. The summed E-state index contributed by atoms with van der Waals surface area (Å²) in [6, 6.07) is 6.04. The van der Waals surface area contributed by atoms with Gasteiger partial charge in [-0.25, -0.2) is 0 Å². The molecular formula is C28H43NO6. The van der Waals surface area contributed by atoms with E-state index < -0.39 is 0 Å². The smallest absolute Gasteiger partial charge is 0.310 e. The highest BCUT2D eigenvalue weighted by atomic mass is 16.6. The van der Waals surface area contributed by atoms with E-state index in [0.29, 0.717) is 37.7 Å². The van der Waals surface area contributed by atoms with E-state index in [-0.39, 0.29) is 42.2 Å². The summed E-state index contributed by atoms with van der Waals surface area (Å²) in [5.41, 5.74) is 1.96. The first-order chi connectivity index (χ1) is 16.7. The summed E-state index contributed by atoms with van der Waals surface area (Å²) >= 11 is 0. The zero-order valence-electron chi connectivity index (χ0n) is 22.5. The maximum Gasteiger partial charge on any atom is 0.310 e. The van der Waals surface area contributed by atoms with E-state index in [4.69, 9.17) is 18.9 Å². The highest BCUT2D eigenvalue weighted by Crippen LogP contribution is 2.33. The number of ether oxygens (including phenoxy) is 4. The lowest BCUT2D eigenvalue weighted by Crippen LogP contribution is -2.27. The molecule has 7 heteroatoms. The van der Waals surface area contributed by atoms with Gasteiger partial charge >= 0.3 is 5.97 Å². The summed E-state index contributed by atoms with van der Waals surface area (Å²) in [5.74, 6) is 1.97. The Bertz CT molecular complexity index is 863. The lowest BCUT2D eigenvalue weighted by Gasteiger charge is -2.24. The minimum Gasteiger partial charge on any atom is -0.493 e. The largest absolute Gasteiger partial charge is 0.493 e. The van der Waals surface area contributed by atoms with E-state index in [0.717, 1.165) is 29.9 Å². The van der Waals surface area contributed by atoms with E-state index in [1.165, 1.54) is 6.92 Å². The molecule has 35 heavy (non-hydrogen) atoms. The third-order valence-electron chi connectivity index (χ3n) is 6.60. The predicted octanol–water partition coefficient (Wildman–Crippen LogP) is 4.93. The summed E-state index contributed by atoms with van der Waals surface area (Å²) < 4.78 is 22.3. The molecule has 0 bridgehead atoms. The highest BCUT2D eigenvalue weighted by Gasteiger charge is 2.39. The van der Waals surface area contributed by atoms with Crippen molar-refractivity contribution in [3.05, 3.63) is 23.8 Å². The Hall–Kier alpha value is -2.41. The normalized spacial score (nSPS) is 19.2. The van der Waals surface area contributed by atoms with E-state index in [9.17, 15) is 9.59 Å². The van der Waals surface area contributed by atoms with Gasteiger partial charge in [0.25, 0.3) is 0 Å². The minimum absolute atomic E-state index is 0.00116. The number of carbonyl (C=O) groups excluding carboxylic acids is 2. The molecule has 0 spiro atoms. The van der Waals surface area contributed by atoms with Crippen molar-refractivity contribution in [2.75, 3.05) is 34.0 Å². The fraction of sp³-hybridized carbons (Fsp3) is 0.679. The number of cyclic esters (lactones) is 1. The van der Waals surface area contributed by atoms with Crippen LogP contribution < -0.4 is 9.47 Å². The van der Waals surface area contributed by atoms with Crippen LogP contribution in [0.25, 0.3) is 0 Å². The van der Waals surface area contributed by atoms with Crippen LogP contribution in [0.1, 0.15) is 59.4 Å². The molecule has 3 atom stereocenters. The van der Waals surface area contributed by atoms with Gasteiger partial charge in [-0.3, -0.25) is 14.6 Å². The molecule has 3 unspecified atom stereocenters. The van der Waals surface area contributed by atoms with Crippen LogP contribution in [-0.2, 0) is 25.5 Å². The fourth-order valence-corrected chi connectivity index (χ4v) is 4.32. The average Bonchev–Trinajstić information content (AvgIpc) is 3.20. The third-order valence-corrected chi connectivity index (χ3v) is 6.60. The van der Waals surface area contributed by atoms with Gasteiger partial charge in [0.2, 0.25) is 0 Å². The number of methoxy groups -OCH3 is 2. The number of benzene rings is 1. The number of rotatable bonds is 15. The van der Waals surface area contributed by atoms with Crippen molar-refractivity contribution in [1.29, 1.82) is 0 Å². The van der Waals surface area contributed by atoms with Crippen LogP contribution in [0.5, 0.6) is 11.5 Å². The summed E-state index contributed by atoms with van der Waals surface area (Å²) in [7, 11) is 3.32. The van der Waals surface area contributed by atoms with Crippen molar-refractivity contribution in [3.8, 4) is 11.5 Å². The lowest BCUT2D eigenvalue weighted by atomic mass is 9.82. The van der Waals surface area contributed by atoms with E-state index in [1.54, 1.807) is 14.2 Å². The quantitative estimate of drug-likeness (QED) is 0.197. The van der Waals surface area contributed by atoms with Crippen molar-refractivity contribution < 1.29 is 28.5 Å². The predicted molar refractivity (Wildman–Crippen MR) is 137 cm³/mol. The monoisotopic (exact) mass is 489 g/mol. The summed E-state index contributed by atoms with van der Waals surface area (Å²) in [6.07, 6.45) is 2.55. The molecule has 1 aromatic carbocycles. The Kier molecular flexibility index (Phi) is 11.7. The Morgan fingerprint density at radius 2 is 1.89 bits per heavy atom. The second-order valence-corrected chi connectivity index (χ2v) is 10.1. The fourth-order valence-electron chi connectivity index (χ4n) is 4.32. The zero-order chi connectivity index (χ0) is 26.0. The Labute approximate surface area is 210 Å². The molecule has 7 nitrogen and oxygen atoms in total. The first kappa shape index (κ1) is 28.8. The molecule has 0 N–H and O–H groups in total. The number of nitrogens with zero attached hydrogens (tertiary/aromatic N) is 1. The molecule has 0 saturated carbocycles. The molecule has 1 fully saturated rings. The number of aliphatic imine (C=N–C) groups is 1. The standard InChI is InChI=1S/C28H43NO6/c1-18(2)22(13-21-9-10-25(33-7)27(14-21)34-12-8-11-32-6)15-24(29-17-20(5)30)26-16-23(19(3)4)28(31)35-26/h9-10,14,18-19,22-23,26H,8,11-13,15-17H2,1-7H3. The van der Waals surface area contributed by atoms with Gasteiger partial charge in [0, 0.05) is 26.6 Å². The van der Waals surface area contributed by atoms with Gasteiger partial charge < -0.3 is 18.9 Å². The molecule has 0 amide bonds. The second kappa shape index (κ2) is 14.2. The summed E-state index contributed by atoms with van der Waals surface area (Å²) in [5, 5.41) is 0. The van der Waals surface area contributed by atoms with E-state index in [2.05, 4.69) is 24.9 Å². The number of ketones is 1. The van der Waals surface area contributed by atoms with Crippen LogP contribution in [0.4, 0.5) is 0 Å². The van der Waals surface area contributed by atoms with Crippen LogP contribution >= 0.6 is 0 Å². The van der Waals surface area contributed by atoms with Crippen LogP contribution in [-0.4, -0.2) is 57.5 Å². The molecule has 0 aromatic heterocycles. The molecule has 1 saturated heterocycles. The molecule has 0 aliphatic carbocycles. The number of Topliss-reactive ketones (excluding diaryl/α,β-unsaturated/α-hetero) is 1. The Morgan fingerprint density at radius 3 is 2.46 bits per heavy atom. The van der Waals surface area contributed by atoms with E-state index in [1.807, 2.05) is 26.0 Å². The van der Waals surface area contributed by atoms with Gasteiger partial charge in [-0.2, -0.15) is 0 Å². The van der Waals surface area contributed by atoms with Gasteiger partial charge in [0.05, 0.1) is 31.9 Å². The van der Waals surface area contributed by atoms with Crippen LogP contribution in [0.15, 0.2) is 23.2 Å². The number of hydrogen-bond donors (Lipinski definition) is 0. The topological polar surface area (TPSA) is 83.4 Å². The number of esters is 1. The Morgan fingerprint density at radius 1 is 1.14 bits per heavy atom. The van der Waals surface area contributed by atoms with Gasteiger partial charge in [0.15, 0.2) is 17.3 Å². The van der Waals surface area contributed by atoms with E-state index >= 15 is 0 Å². The molecule has 1 aliphatic heterocycles. The van der Waals surface area contributed by atoms with Crippen molar-refractivity contribution in [1.82, 2.24) is 0 Å². The van der Waals surface area contributed by atoms with Crippen molar-refractivity contribution >= 4 is 17.5 Å². The molecule has 0 radical (unpaired) electrons. The molecule has 2 rings (SSSR count). The van der Waals surface area contributed by atoms with Gasteiger partial charge in [0.1, 0.15) is 6.10 Å². The second-order valence-electron chi connectivity index (χ2n) is 10.1. The first-order valence-corrected chi connectivity index (χ1v) is 12.7. The molecular weight excluding hydrogens is 446 g/mol. The maximum absolute atomic E-state index is 12.4. The maximum atomic E-state index is 12.4. The summed E-state index contributed by atoms with van der Waals surface area (Å²) in [6.45, 7) is 11.3. The first-order valence-electron chi connectivity index (χ1n) is 12.7. The molecule has 196 valence electrons. The molecule has 1 aromatic rings. The number of carbonyl (C=O) groups is 2. The molecule has 1 heterocycles. The van der Waals surface area contributed by atoms with Gasteiger partial charge in [-0.15, -0.1) is 0 Å². The van der Waals surface area contributed by atoms with Gasteiger partial charge in [-0.05, 0) is 55.2 Å². The SMILES string of the molecule is COCCCOc1cc(CC(CC(=NCC(C)=O)C2CC(C(C)C)C(=O)O2)C(C)C)ccc1OC. The minimum atomic E-state index is -0.356. The van der Waals surface area contributed by atoms with Crippen molar-refractivity contribution in [3.63, 3.8) is 0 Å². The van der Waals surface area contributed by atoms with Crippen molar-refractivity contribution in [2.24, 2.45) is 28.7 Å². The average molecular weight is 490 g/mol. The van der Waals surface area contributed by atoms with Crippen LogP contribution in [0, 0.1) is 23.7 Å². The Balaban J connectivity index is 2.21. The highest BCUT2D eigenvalue weighted by molar-refractivity contribution is 5.94. The molecule has 1 aliphatic rings. The van der Waals surface area contributed by atoms with Crippen molar-refractivity contribution in [2.45, 2.75) is 66.4 Å². The summed E-state index contributed by atoms with van der Waals surface area (Å²) in [4.78, 5) is 28.7. The third kappa shape index (κ3) is 8.95. The van der Waals surface area contributed by atoms with Crippen LogP contribution in [0.3, 0.4) is 0 Å². The lowest BCUT2D eigenvalue weighted by molar-refractivity contribution is -0.143. The van der Waals surface area contributed by atoms with Gasteiger partial charge in [-0.1, -0.05) is 33.8 Å². The van der Waals surface area contributed by atoms with Crippen LogP contribution in [0.2, 0.25) is 0 Å². The number of hydrogen-bond acceptors (Lipinski definition) is 7.